The van der Waals surface area contributed by atoms with Crippen molar-refractivity contribution in [3.8, 4) is 22.6 Å². The van der Waals surface area contributed by atoms with Gasteiger partial charge in [0.05, 0.1) is 12.8 Å². The zero-order valence-electron chi connectivity index (χ0n) is 19.4. The average Bonchev–Trinajstić information content (AvgIpc) is 2.81. The first-order valence-electron chi connectivity index (χ1n) is 11.4. The standard InChI is InChI=1S/C25H29FN4O3/c1-14-12-29(3)8-7-17(14)18-10-22-23(33-13-24-27-28-25(31)15(2)30(22)24)11-19(18)20-9-16(32-4)5-6-21(20)26/h5-6,9-11,14-15,17H,7-8,12-13H2,1-4H3,(H,28,31)/t14-,15?,17+/m0/s1. The number of amides is 1. The Balaban J connectivity index is 1.71. The molecule has 174 valence electrons. The SMILES string of the molecule is COc1ccc(F)c(-c2cc3c(cc2[C@@H]2CCN(C)C[C@@H]2C)N2C(=NNC(=O)C2C)CO3)c1. The number of nitrogens with zero attached hydrogens (tertiary/aromatic N) is 3. The number of hydrazone groups is 1. The molecule has 0 aliphatic carbocycles. The van der Waals surface area contributed by atoms with E-state index in [4.69, 9.17) is 9.47 Å². The molecule has 0 bridgehead atoms. The Morgan fingerprint density at radius 2 is 2.03 bits per heavy atom. The second-order valence-electron chi connectivity index (χ2n) is 9.23. The van der Waals surface area contributed by atoms with Gasteiger partial charge in [0.2, 0.25) is 0 Å². The number of halogens is 1. The first-order valence-corrected chi connectivity index (χ1v) is 11.4. The van der Waals surface area contributed by atoms with Crippen molar-refractivity contribution in [1.29, 1.82) is 0 Å². The lowest BCUT2D eigenvalue weighted by Crippen LogP contribution is -2.55. The van der Waals surface area contributed by atoms with E-state index in [9.17, 15) is 4.79 Å². The highest BCUT2D eigenvalue weighted by molar-refractivity contribution is 6.09. The summed E-state index contributed by atoms with van der Waals surface area (Å²) in [7, 11) is 3.71. The monoisotopic (exact) mass is 452 g/mol. The summed E-state index contributed by atoms with van der Waals surface area (Å²) in [5.41, 5.74) is 5.73. The molecule has 1 saturated heterocycles. The molecule has 1 fully saturated rings. The number of piperidine rings is 1. The number of nitrogens with one attached hydrogen (secondary N) is 1. The van der Waals surface area contributed by atoms with Crippen LogP contribution in [0.2, 0.25) is 0 Å². The Kier molecular flexibility index (Phi) is 5.48. The molecular weight excluding hydrogens is 423 g/mol. The van der Waals surface area contributed by atoms with Crippen LogP contribution in [0.3, 0.4) is 0 Å². The van der Waals surface area contributed by atoms with Crippen LogP contribution in [-0.2, 0) is 4.79 Å². The minimum atomic E-state index is -0.415. The third-order valence-electron chi connectivity index (χ3n) is 7.06. The molecule has 3 aliphatic rings. The van der Waals surface area contributed by atoms with Gasteiger partial charge < -0.3 is 19.3 Å². The highest BCUT2D eigenvalue weighted by Crippen LogP contribution is 2.46. The molecule has 2 aromatic carbocycles. The quantitative estimate of drug-likeness (QED) is 0.771. The predicted octanol–water partition coefficient (Wildman–Crippen LogP) is 3.59. The van der Waals surface area contributed by atoms with Gasteiger partial charge in [0.15, 0.2) is 5.84 Å². The van der Waals surface area contributed by atoms with Crippen molar-refractivity contribution in [3.05, 3.63) is 41.7 Å². The van der Waals surface area contributed by atoms with Gasteiger partial charge in [-0.2, -0.15) is 5.10 Å². The average molecular weight is 453 g/mol. The fraction of sp³-hybridized carbons (Fsp3) is 0.440. The number of carbonyl (C=O) groups excluding carboxylic acids is 1. The van der Waals surface area contributed by atoms with Crippen molar-refractivity contribution in [2.24, 2.45) is 11.0 Å². The number of hydrogen-bond donors (Lipinski definition) is 1. The lowest BCUT2D eigenvalue weighted by Gasteiger charge is -2.40. The number of benzene rings is 2. The summed E-state index contributed by atoms with van der Waals surface area (Å²) in [5.74, 6) is 2.04. The number of amidine groups is 1. The van der Waals surface area contributed by atoms with Gasteiger partial charge in [-0.15, -0.1) is 0 Å². The minimum absolute atomic E-state index is 0.163. The number of anilines is 1. The fourth-order valence-electron chi connectivity index (χ4n) is 5.28. The molecule has 0 aromatic heterocycles. The number of rotatable bonds is 3. The molecule has 0 saturated carbocycles. The number of hydrogen-bond acceptors (Lipinski definition) is 6. The summed E-state index contributed by atoms with van der Waals surface area (Å²) in [6.07, 6.45) is 0.965. The summed E-state index contributed by atoms with van der Waals surface area (Å²) >= 11 is 0. The normalized spacial score (nSPS) is 24.9. The van der Waals surface area contributed by atoms with Crippen molar-refractivity contribution in [2.45, 2.75) is 32.2 Å². The maximum Gasteiger partial charge on any atom is 0.262 e. The van der Waals surface area contributed by atoms with E-state index in [0.717, 1.165) is 36.3 Å². The van der Waals surface area contributed by atoms with Crippen LogP contribution in [0.25, 0.3) is 11.1 Å². The van der Waals surface area contributed by atoms with E-state index in [2.05, 4.69) is 35.5 Å². The Hall–Kier alpha value is -3.13. The molecule has 5 rings (SSSR count). The van der Waals surface area contributed by atoms with Crippen LogP contribution >= 0.6 is 0 Å². The van der Waals surface area contributed by atoms with Crippen LogP contribution < -0.4 is 19.8 Å². The highest BCUT2D eigenvalue weighted by Gasteiger charge is 2.37. The lowest BCUT2D eigenvalue weighted by atomic mass is 9.78. The first-order chi connectivity index (χ1) is 15.9. The number of fused-ring (bicyclic) bond motifs is 3. The van der Waals surface area contributed by atoms with Crippen molar-refractivity contribution in [3.63, 3.8) is 0 Å². The van der Waals surface area contributed by atoms with Crippen LogP contribution in [0.5, 0.6) is 11.5 Å². The molecule has 0 radical (unpaired) electrons. The van der Waals surface area contributed by atoms with E-state index < -0.39 is 6.04 Å². The predicted molar refractivity (Wildman–Crippen MR) is 125 cm³/mol. The Labute approximate surface area is 193 Å². The first kappa shape index (κ1) is 21.7. The van der Waals surface area contributed by atoms with Crippen LogP contribution in [-0.4, -0.2) is 56.5 Å². The van der Waals surface area contributed by atoms with Crippen molar-refractivity contribution in [1.82, 2.24) is 10.3 Å². The van der Waals surface area contributed by atoms with Gasteiger partial charge in [0.1, 0.15) is 30.0 Å². The van der Waals surface area contributed by atoms with E-state index in [0.29, 0.717) is 28.8 Å². The van der Waals surface area contributed by atoms with Crippen molar-refractivity contribution < 1.29 is 18.7 Å². The van der Waals surface area contributed by atoms with Crippen LogP contribution in [0, 0.1) is 11.7 Å². The van der Waals surface area contributed by atoms with E-state index in [1.54, 1.807) is 19.2 Å². The van der Waals surface area contributed by atoms with E-state index >= 15 is 4.39 Å². The summed E-state index contributed by atoms with van der Waals surface area (Å²) in [6.45, 7) is 6.27. The molecule has 1 unspecified atom stereocenters. The van der Waals surface area contributed by atoms with E-state index in [-0.39, 0.29) is 24.2 Å². The molecule has 0 spiro atoms. The third kappa shape index (κ3) is 3.72. The zero-order chi connectivity index (χ0) is 23.3. The zero-order valence-corrected chi connectivity index (χ0v) is 19.4. The van der Waals surface area contributed by atoms with Gasteiger partial charge in [-0.05, 0) is 80.2 Å². The maximum atomic E-state index is 15.1. The van der Waals surface area contributed by atoms with E-state index in [1.807, 2.05) is 17.9 Å². The number of carbonyl (C=O) groups is 1. The van der Waals surface area contributed by atoms with Gasteiger partial charge >= 0.3 is 0 Å². The van der Waals surface area contributed by atoms with Gasteiger partial charge in [-0.25, -0.2) is 9.82 Å². The lowest BCUT2D eigenvalue weighted by molar-refractivity contribution is -0.122. The third-order valence-corrected chi connectivity index (χ3v) is 7.06. The topological polar surface area (TPSA) is 66.4 Å². The minimum Gasteiger partial charge on any atom is -0.497 e. The molecular formula is C25H29FN4O3. The molecule has 8 heteroatoms. The van der Waals surface area contributed by atoms with Crippen LogP contribution in [0.15, 0.2) is 35.4 Å². The van der Waals surface area contributed by atoms with Gasteiger partial charge in [-0.3, -0.25) is 4.79 Å². The van der Waals surface area contributed by atoms with Gasteiger partial charge in [0, 0.05) is 12.1 Å². The van der Waals surface area contributed by atoms with Crippen molar-refractivity contribution >= 4 is 17.4 Å². The molecule has 3 heterocycles. The van der Waals surface area contributed by atoms with Crippen LogP contribution in [0.1, 0.15) is 31.7 Å². The number of likely N-dealkylation sites (tertiary alicyclic amines) is 1. The molecule has 2 aromatic rings. The second kappa shape index (κ2) is 8.33. The second-order valence-corrected chi connectivity index (χ2v) is 9.23. The van der Waals surface area contributed by atoms with Crippen molar-refractivity contribution in [2.75, 3.05) is 38.8 Å². The largest absolute Gasteiger partial charge is 0.497 e. The maximum absolute atomic E-state index is 15.1. The number of ether oxygens (including phenoxy) is 2. The smallest absolute Gasteiger partial charge is 0.262 e. The Bertz CT molecular complexity index is 1130. The Morgan fingerprint density at radius 3 is 2.79 bits per heavy atom. The summed E-state index contributed by atoms with van der Waals surface area (Å²) < 4.78 is 26.5. The Morgan fingerprint density at radius 1 is 1.21 bits per heavy atom. The molecule has 3 atom stereocenters. The van der Waals surface area contributed by atoms with Gasteiger partial charge in [-0.1, -0.05) is 6.92 Å². The summed E-state index contributed by atoms with van der Waals surface area (Å²) in [4.78, 5) is 16.6. The van der Waals surface area contributed by atoms with Crippen LogP contribution in [0.4, 0.5) is 10.1 Å². The highest BCUT2D eigenvalue weighted by atomic mass is 19.1. The van der Waals surface area contributed by atoms with Gasteiger partial charge in [0.25, 0.3) is 5.91 Å². The number of methoxy groups -OCH3 is 1. The molecule has 1 N–H and O–H groups in total. The summed E-state index contributed by atoms with van der Waals surface area (Å²) in [6, 6.07) is 8.40. The fourth-order valence-corrected chi connectivity index (χ4v) is 5.28. The molecule has 7 nitrogen and oxygen atoms in total. The summed E-state index contributed by atoms with van der Waals surface area (Å²) in [5, 5.41) is 4.20. The molecule has 3 aliphatic heterocycles. The molecule has 1 amide bonds. The molecule has 33 heavy (non-hydrogen) atoms. The van der Waals surface area contributed by atoms with E-state index in [1.165, 1.54) is 6.07 Å².